The van der Waals surface area contributed by atoms with Crippen LogP contribution in [0.2, 0.25) is 0 Å². The van der Waals surface area contributed by atoms with E-state index in [0.29, 0.717) is 28.9 Å². The molecule has 6 heteroatoms. The number of pyridine rings is 1. The number of hydrogen-bond donors (Lipinski definition) is 1. The lowest BCUT2D eigenvalue weighted by Crippen LogP contribution is -2.54. The maximum absolute atomic E-state index is 12.8. The minimum atomic E-state index is -0.360. The summed E-state index contributed by atoms with van der Waals surface area (Å²) in [5.74, 6) is 0. The Morgan fingerprint density at radius 1 is 1.13 bits per heavy atom. The van der Waals surface area contributed by atoms with Crippen LogP contribution in [-0.2, 0) is 6.42 Å². The Bertz CT molecular complexity index is 1280. The van der Waals surface area contributed by atoms with E-state index in [-0.39, 0.29) is 5.63 Å². The van der Waals surface area contributed by atoms with Gasteiger partial charge in [0.15, 0.2) is 0 Å². The highest BCUT2D eigenvalue weighted by Crippen LogP contribution is 2.26. The summed E-state index contributed by atoms with van der Waals surface area (Å²) < 4.78 is 7.66. The molecule has 1 N–H and O–H groups in total. The fourth-order valence-electron chi connectivity index (χ4n) is 4.39. The zero-order valence-electron chi connectivity index (χ0n) is 17.6. The van der Waals surface area contributed by atoms with Crippen molar-refractivity contribution in [1.29, 1.82) is 0 Å². The Balaban J connectivity index is 1.53. The maximum atomic E-state index is 12.8. The van der Waals surface area contributed by atoms with Crippen LogP contribution in [0.3, 0.4) is 0 Å². The number of nitrogens with zero attached hydrogens (tertiary/aromatic N) is 3. The number of imidazole rings is 1. The van der Waals surface area contributed by atoms with Crippen LogP contribution in [0.1, 0.15) is 26.3 Å². The normalized spacial score (nSPS) is 19.6. The smallest absolute Gasteiger partial charge is 0.345 e. The quantitative estimate of drug-likeness (QED) is 0.527. The fraction of sp³-hybridized carbons (Fsp3) is 0.333. The number of benzene rings is 1. The summed E-state index contributed by atoms with van der Waals surface area (Å²) in [7, 11) is 0. The molecule has 6 nitrogen and oxygen atoms in total. The first-order valence-electron chi connectivity index (χ1n) is 10.6. The summed E-state index contributed by atoms with van der Waals surface area (Å²) in [5, 5.41) is 4.44. The molecule has 0 radical (unpaired) electrons. The van der Waals surface area contributed by atoms with E-state index in [2.05, 4.69) is 48.1 Å². The largest absolute Gasteiger partial charge is 0.422 e. The van der Waals surface area contributed by atoms with Crippen LogP contribution in [0.4, 0.5) is 5.69 Å². The summed E-state index contributed by atoms with van der Waals surface area (Å²) >= 11 is 0. The number of hydrogen-bond acceptors (Lipinski definition) is 5. The number of aryl methyl sites for hydroxylation is 1. The van der Waals surface area contributed by atoms with Crippen molar-refractivity contribution in [2.45, 2.75) is 39.3 Å². The van der Waals surface area contributed by atoms with E-state index in [1.54, 1.807) is 0 Å². The number of fused-ring (bicyclic) bond motifs is 2. The van der Waals surface area contributed by atoms with Gasteiger partial charge in [0.1, 0.15) is 11.2 Å². The zero-order chi connectivity index (χ0) is 20.8. The SMILES string of the molecule is CCc1ccn2cc(-c3cc4ccc(N5CC(C)NC(C)C5)cc4oc3=O)nc2c1. The van der Waals surface area contributed by atoms with Crippen LogP contribution >= 0.6 is 0 Å². The van der Waals surface area contributed by atoms with Crippen molar-refractivity contribution < 1.29 is 4.42 Å². The van der Waals surface area contributed by atoms with E-state index >= 15 is 0 Å². The Hall–Kier alpha value is -3.12. The average Bonchev–Trinajstić information content (AvgIpc) is 3.15. The summed E-state index contributed by atoms with van der Waals surface area (Å²) in [4.78, 5) is 19.8. The van der Waals surface area contributed by atoms with E-state index in [0.717, 1.165) is 36.2 Å². The predicted octanol–water partition coefficient (Wildman–Crippen LogP) is 3.86. The van der Waals surface area contributed by atoms with Crippen molar-refractivity contribution in [2.75, 3.05) is 18.0 Å². The van der Waals surface area contributed by atoms with Gasteiger partial charge in [-0.05, 0) is 56.2 Å². The maximum Gasteiger partial charge on any atom is 0.345 e. The summed E-state index contributed by atoms with van der Waals surface area (Å²) in [6.07, 6.45) is 4.81. The molecule has 1 aliphatic rings. The van der Waals surface area contributed by atoms with Crippen LogP contribution in [0, 0.1) is 0 Å². The van der Waals surface area contributed by atoms with Crippen LogP contribution in [0.5, 0.6) is 0 Å². The van der Waals surface area contributed by atoms with Gasteiger partial charge in [-0.25, -0.2) is 9.78 Å². The predicted molar refractivity (Wildman–Crippen MR) is 120 cm³/mol. The number of anilines is 1. The second-order valence-electron chi connectivity index (χ2n) is 8.32. The molecule has 3 aromatic heterocycles. The molecule has 4 heterocycles. The van der Waals surface area contributed by atoms with Gasteiger partial charge in [0.25, 0.3) is 0 Å². The number of rotatable bonds is 3. The molecular formula is C24H26N4O2. The molecule has 0 saturated carbocycles. The zero-order valence-corrected chi connectivity index (χ0v) is 17.6. The average molecular weight is 402 g/mol. The van der Waals surface area contributed by atoms with Gasteiger partial charge < -0.3 is 19.0 Å². The van der Waals surface area contributed by atoms with Crippen molar-refractivity contribution in [3.63, 3.8) is 0 Å². The highest BCUT2D eigenvalue weighted by atomic mass is 16.4. The van der Waals surface area contributed by atoms with E-state index in [1.165, 1.54) is 5.56 Å². The monoisotopic (exact) mass is 402 g/mol. The van der Waals surface area contributed by atoms with Crippen LogP contribution in [0.25, 0.3) is 27.9 Å². The molecule has 154 valence electrons. The van der Waals surface area contributed by atoms with Crippen molar-refractivity contribution in [1.82, 2.24) is 14.7 Å². The third-order valence-electron chi connectivity index (χ3n) is 5.85. The molecule has 2 unspecified atom stereocenters. The highest BCUT2D eigenvalue weighted by molar-refractivity contribution is 5.84. The molecule has 4 aromatic rings. The standard InChI is InChI=1S/C24H26N4O2/c1-4-17-7-8-27-14-21(26-23(27)9-17)20-10-18-5-6-19(11-22(18)30-24(20)29)28-12-15(2)25-16(3)13-28/h5-11,14-16,25H,4,12-13H2,1-3H3. The van der Waals surface area contributed by atoms with Crippen LogP contribution < -0.4 is 15.8 Å². The van der Waals surface area contributed by atoms with E-state index < -0.39 is 0 Å². The second kappa shape index (κ2) is 7.29. The highest BCUT2D eigenvalue weighted by Gasteiger charge is 2.21. The van der Waals surface area contributed by atoms with Gasteiger partial charge in [-0.2, -0.15) is 0 Å². The first-order valence-corrected chi connectivity index (χ1v) is 10.6. The third-order valence-corrected chi connectivity index (χ3v) is 5.85. The molecule has 0 bridgehead atoms. The molecule has 0 amide bonds. The lowest BCUT2D eigenvalue weighted by atomic mass is 10.1. The minimum Gasteiger partial charge on any atom is -0.422 e. The van der Waals surface area contributed by atoms with Crippen molar-refractivity contribution in [3.05, 3.63) is 64.8 Å². The first kappa shape index (κ1) is 18.9. The second-order valence-corrected chi connectivity index (χ2v) is 8.32. The first-order chi connectivity index (χ1) is 14.5. The van der Waals surface area contributed by atoms with Crippen LogP contribution in [-0.4, -0.2) is 34.6 Å². The molecule has 2 atom stereocenters. The molecule has 5 rings (SSSR count). The molecule has 1 saturated heterocycles. The Morgan fingerprint density at radius 2 is 1.93 bits per heavy atom. The van der Waals surface area contributed by atoms with Gasteiger partial charge in [0.05, 0.1) is 11.3 Å². The molecular weight excluding hydrogens is 376 g/mol. The van der Waals surface area contributed by atoms with Crippen molar-refractivity contribution in [2.24, 2.45) is 0 Å². The Labute approximate surface area is 175 Å². The third kappa shape index (κ3) is 3.37. The molecule has 1 aromatic carbocycles. The van der Waals surface area contributed by atoms with Crippen molar-refractivity contribution >= 4 is 22.3 Å². The summed E-state index contributed by atoms with van der Waals surface area (Å²) in [6, 6.07) is 12.9. The molecule has 30 heavy (non-hydrogen) atoms. The Morgan fingerprint density at radius 3 is 2.70 bits per heavy atom. The topological polar surface area (TPSA) is 62.8 Å². The van der Waals surface area contributed by atoms with Gasteiger partial charge in [-0.3, -0.25) is 0 Å². The minimum absolute atomic E-state index is 0.360. The van der Waals surface area contributed by atoms with Gasteiger partial charge in [0.2, 0.25) is 0 Å². The van der Waals surface area contributed by atoms with E-state index in [4.69, 9.17) is 4.42 Å². The van der Waals surface area contributed by atoms with E-state index in [1.807, 2.05) is 41.1 Å². The van der Waals surface area contributed by atoms with Gasteiger partial charge >= 0.3 is 5.63 Å². The fourth-order valence-corrected chi connectivity index (χ4v) is 4.39. The van der Waals surface area contributed by atoms with Gasteiger partial charge in [-0.1, -0.05) is 6.92 Å². The number of nitrogens with one attached hydrogen (secondary N) is 1. The van der Waals surface area contributed by atoms with Gasteiger partial charge in [-0.15, -0.1) is 0 Å². The summed E-state index contributed by atoms with van der Waals surface area (Å²) in [5.41, 5.74) is 4.50. The molecule has 1 fully saturated rings. The Kier molecular flexibility index (Phi) is 4.59. The van der Waals surface area contributed by atoms with E-state index in [9.17, 15) is 4.79 Å². The summed E-state index contributed by atoms with van der Waals surface area (Å²) in [6.45, 7) is 8.35. The van der Waals surface area contributed by atoms with Gasteiger partial charge in [0, 0.05) is 54.7 Å². The molecule has 1 aliphatic heterocycles. The van der Waals surface area contributed by atoms with Crippen LogP contribution in [0.15, 0.2) is 58.0 Å². The number of aromatic nitrogens is 2. The lowest BCUT2D eigenvalue weighted by Gasteiger charge is -2.37. The van der Waals surface area contributed by atoms with Crippen molar-refractivity contribution in [3.8, 4) is 11.3 Å². The lowest BCUT2D eigenvalue weighted by molar-refractivity contribution is 0.407. The number of piperazine rings is 1. The molecule has 0 spiro atoms. The molecule has 0 aliphatic carbocycles.